The van der Waals surface area contributed by atoms with Crippen molar-refractivity contribution in [2.24, 2.45) is 46.3 Å². The van der Waals surface area contributed by atoms with Crippen molar-refractivity contribution < 1.29 is 10.2 Å². The van der Waals surface area contributed by atoms with E-state index in [1.807, 2.05) is 0 Å². The topological polar surface area (TPSA) is 40.5 Å². The summed E-state index contributed by atoms with van der Waals surface area (Å²) in [5, 5.41) is 22.3. The van der Waals surface area contributed by atoms with E-state index in [0.717, 1.165) is 6.42 Å². The number of rotatable bonds is 1. The van der Waals surface area contributed by atoms with Crippen LogP contribution in [-0.2, 0) is 0 Å². The highest BCUT2D eigenvalue weighted by Crippen LogP contribution is 2.68. The minimum atomic E-state index is -0.528. The van der Waals surface area contributed by atoms with Crippen molar-refractivity contribution in [3.8, 4) is 0 Å². The second kappa shape index (κ2) is 5.83. The zero-order chi connectivity index (χ0) is 18.1. The summed E-state index contributed by atoms with van der Waals surface area (Å²) < 4.78 is 0. The molecule has 2 nitrogen and oxygen atoms in total. The summed E-state index contributed by atoms with van der Waals surface area (Å²) in [5.74, 6) is 2.99. The molecule has 0 aromatic carbocycles. The largest absolute Gasteiger partial charge is 0.390 e. The van der Waals surface area contributed by atoms with E-state index in [9.17, 15) is 10.2 Å². The highest BCUT2D eigenvalue weighted by atomic mass is 16.3. The van der Waals surface area contributed by atoms with Gasteiger partial charge in [-0.3, -0.25) is 0 Å². The van der Waals surface area contributed by atoms with Gasteiger partial charge in [0.1, 0.15) is 0 Å². The predicted molar refractivity (Wildman–Crippen MR) is 102 cm³/mol. The van der Waals surface area contributed by atoms with Crippen molar-refractivity contribution in [2.45, 2.75) is 84.8 Å². The maximum atomic E-state index is 11.2. The molecule has 4 saturated carbocycles. The SMILES string of the molecule is C=C(C)[C@H]1CCC2C3C(O)[C@H](O)C4C[C@@H](C)CC[C@]4(C)C3CC[C@@]21C. The fourth-order valence-electron chi connectivity index (χ4n) is 8.27. The minimum absolute atomic E-state index is 0.221. The van der Waals surface area contributed by atoms with Gasteiger partial charge in [0.15, 0.2) is 0 Å². The lowest BCUT2D eigenvalue weighted by atomic mass is 9.43. The normalized spacial score (nSPS) is 58.2. The molecule has 0 aromatic rings. The minimum Gasteiger partial charge on any atom is -0.390 e. The van der Waals surface area contributed by atoms with Gasteiger partial charge in [0.2, 0.25) is 0 Å². The molecule has 10 atom stereocenters. The Balaban J connectivity index is 1.70. The molecule has 0 radical (unpaired) electrons. The Morgan fingerprint density at radius 3 is 2.20 bits per heavy atom. The lowest BCUT2D eigenvalue weighted by Gasteiger charge is -2.63. The van der Waals surface area contributed by atoms with E-state index in [0.29, 0.717) is 23.7 Å². The standard InChI is InChI=1S/C23H38O2/c1-13(2)15-6-7-16-19-17(9-11-22(15,16)4)23(5)10-8-14(3)12-18(23)20(24)21(19)25/h14-21,24-25H,1,6-12H2,2-5H3/t14-,15+,16?,17?,18?,19?,20+,21?,22+,23+/m0/s1. The lowest BCUT2D eigenvalue weighted by molar-refractivity contribution is -0.217. The van der Waals surface area contributed by atoms with Crippen LogP contribution in [0.2, 0.25) is 0 Å². The van der Waals surface area contributed by atoms with Gasteiger partial charge in [0.25, 0.3) is 0 Å². The Bertz CT molecular complexity index is 556. The zero-order valence-corrected chi connectivity index (χ0v) is 16.7. The highest BCUT2D eigenvalue weighted by molar-refractivity contribution is 5.17. The molecule has 0 heterocycles. The molecule has 0 spiro atoms. The van der Waals surface area contributed by atoms with E-state index >= 15 is 0 Å². The smallest absolute Gasteiger partial charge is 0.0835 e. The first-order chi connectivity index (χ1) is 11.7. The van der Waals surface area contributed by atoms with Gasteiger partial charge < -0.3 is 10.2 Å². The van der Waals surface area contributed by atoms with E-state index in [2.05, 4.69) is 34.3 Å². The summed E-state index contributed by atoms with van der Waals surface area (Å²) in [6.45, 7) is 13.7. The molecule has 0 aromatic heterocycles. The van der Waals surface area contributed by atoms with Gasteiger partial charge in [0, 0.05) is 0 Å². The second-order valence-corrected chi connectivity index (χ2v) is 10.8. The predicted octanol–water partition coefficient (Wildman–Crippen LogP) is 4.80. The molecule has 2 N–H and O–H groups in total. The highest BCUT2D eigenvalue weighted by Gasteiger charge is 2.64. The van der Waals surface area contributed by atoms with E-state index in [1.165, 1.54) is 44.1 Å². The van der Waals surface area contributed by atoms with Gasteiger partial charge in [0.05, 0.1) is 12.2 Å². The molecule has 4 aliphatic rings. The number of fused-ring (bicyclic) bond motifs is 5. The molecule has 5 unspecified atom stereocenters. The van der Waals surface area contributed by atoms with Crippen LogP contribution in [-0.4, -0.2) is 22.4 Å². The van der Waals surface area contributed by atoms with Crippen molar-refractivity contribution in [1.29, 1.82) is 0 Å². The van der Waals surface area contributed by atoms with Gasteiger partial charge in [-0.15, -0.1) is 0 Å². The van der Waals surface area contributed by atoms with E-state index in [1.54, 1.807) is 0 Å². The molecule has 25 heavy (non-hydrogen) atoms. The monoisotopic (exact) mass is 346 g/mol. The number of hydrogen-bond donors (Lipinski definition) is 2. The van der Waals surface area contributed by atoms with Crippen molar-refractivity contribution >= 4 is 0 Å². The van der Waals surface area contributed by atoms with Crippen LogP contribution in [0, 0.1) is 46.3 Å². The maximum Gasteiger partial charge on any atom is 0.0835 e. The Morgan fingerprint density at radius 2 is 1.52 bits per heavy atom. The fourth-order valence-corrected chi connectivity index (χ4v) is 8.27. The van der Waals surface area contributed by atoms with Crippen LogP contribution >= 0.6 is 0 Å². The third-order valence-corrected chi connectivity index (χ3v) is 9.61. The van der Waals surface area contributed by atoms with Crippen molar-refractivity contribution in [2.75, 3.05) is 0 Å². The zero-order valence-electron chi connectivity index (χ0n) is 16.7. The molecular weight excluding hydrogens is 308 g/mol. The van der Waals surface area contributed by atoms with E-state index < -0.39 is 12.2 Å². The maximum absolute atomic E-state index is 11.2. The summed E-state index contributed by atoms with van der Waals surface area (Å²) in [4.78, 5) is 0. The summed E-state index contributed by atoms with van der Waals surface area (Å²) in [6, 6.07) is 0. The van der Waals surface area contributed by atoms with Gasteiger partial charge in [-0.1, -0.05) is 39.3 Å². The number of aliphatic hydroxyl groups is 2. The van der Waals surface area contributed by atoms with Crippen LogP contribution in [0.4, 0.5) is 0 Å². The third-order valence-electron chi connectivity index (χ3n) is 9.61. The van der Waals surface area contributed by atoms with Crippen LogP contribution in [0.3, 0.4) is 0 Å². The average molecular weight is 347 g/mol. The van der Waals surface area contributed by atoms with Crippen LogP contribution in [0.5, 0.6) is 0 Å². The number of hydrogen-bond acceptors (Lipinski definition) is 2. The molecule has 4 aliphatic carbocycles. The summed E-state index contributed by atoms with van der Waals surface area (Å²) in [6.07, 6.45) is 7.49. The van der Waals surface area contributed by atoms with Gasteiger partial charge >= 0.3 is 0 Å². The van der Waals surface area contributed by atoms with Gasteiger partial charge in [-0.25, -0.2) is 0 Å². The molecule has 0 bridgehead atoms. The summed E-state index contributed by atoms with van der Waals surface area (Å²) in [5.41, 5.74) is 1.82. The van der Waals surface area contributed by atoms with E-state index in [-0.39, 0.29) is 22.7 Å². The average Bonchev–Trinajstić information content (AvgIpc) is 2.91. The molecule has 0 saturated heterocycles. The van der Waals surface area contributed by atoms with Crippen LogP contribution in [0.15, 0.2) is 12.2 Å². The number of aliphatic hydroxyl groups excluding tert-OH is 2. The van der Waals surface area contributed by atoms with Crippen molar-refractivity contribution in [1.82, 2.24) is 0 Å². The van der Waals surface area contributed by atoms with Crippen molar-refractivity contribution in [3.05, 3.63) is 12.2 Å². The molecule has 4 fully saturated rings. The third kappa shape index (κ3) is 2.35. The second-order valence-electron chi connectivity index (χ2n) is 10.8. The van der Waals surface area contributed by atoms with Crippen molar-refractivity contribution in [3.63, 3.8) is 0 Å². The summed E-state index contributed by atoms with van der Waals surface area (Å²) >= 11 is 0. The fraction of sp³-hybridized carbons (Fsp3) is 0.913. The first-order valence-corrected chi connectivity index (χ1v) is 10.7. The van der Waals surface area contributed by atoms with E-state index in [4.69, 9.17) is 0 Å². The first-order valence-electron chi connectivity index (χ1n) is 10.7. The Morgan fingerprint density at radius 1 is 0.880 bits per heavy atom. The van der Waals surface area contributed by atoms with Crippen LogP contribution in [0.1, 0.15) is 72.6 Å². The lowest BCUT2D eigenvalue weighted by Crippen LogP contribution is -2.63. The Labute approximate surface area is 154 Å². The quantitative estimate of drug-likeness (QED) is 0.670. The molecule has 0 amide bonds. The molecule has 2 heteroatoms. The molecule has 142 valence electrons. The molecular formula is C23H38O2. The molecule has 0 aliphatic heterocycles. The number of allylic oxidation sites excluding steroid dienone is 1. The molecule has 4 rings (SSSR count). The van der Waals surface area contributed by atoms with Crippen LogP contribution in [0.25, 0.3) is 0 Å². The van der Waals surface area contributed by atoms with Crippen LogP contribution < -0.4 is 0 Å². The Hall–Kier alpha value is -0.340. The first kappa shape index (κ1) is 18.0. The summed E-state index contributed by atoms with van der Waals surface area (Å²) in [7, 11) is 0. The Kier molecular flexibility index (Phi) is 4.21. The van der Waals surface area contributed by atoms with Gasteiger partial charge in [-0.05, 0) is 91.8 Å². The van der Waals surface area contributed by atoms with Gasteiger partial charge in [-0.2, -0.15) is 0 Å².